The minimum absolute atomic E-state index is 0.0150. The lowest BCUT2D eigenvalue weighted by Crippen LogP contribution is -2.31. The number of benzene rings is 2. The highest BCUT2D eigenvalue weighted by atomic mass is 79.9. The molecule has 0 heterocycles. The highest BCUT2D eigenvalue weighted by Crippen LogP contribution is 2.39. The summed E-state index contributed by atoms with van der Waals surface area (Å²) in [5, 5.41) is 8.87. The molecule has 1 aliphatic carbocycles. The van der Waals surface area contributed by atoms with Gasteiger partial charge < -0.3 is 9.84 Å². The van der Waals surface area contributed by atoms with E-state index in [0.717, 1.165) is 12.1 Å². The number of nitrogens with one attached hydrogen (secondary N) is 1. The molecule has 2 aromatic carbocycles. The monoisotopic (exact) mass is 585 g/mol. The first-order valence-electron chi connectivity index (χ1n) is 8.94. The normalized spacial score (nSPS) is 16.6. The average molecular weight is 587 g/mol. The van der Waals surface area contributed by atoms with Gasteiger partial charge in [0.1, 0.15) is 5.75 Å². The Kier molecular flexibility index (Phi) is 7.04. The van der Waals surface area contributed by atoms with Gasteiger partial charge in [-0.05, 0) is 60.7 Å². The molecule has 1 atom stereocenters. The van der Waals surface area contributed by atoms with Crippen LogP contribution in [0.1, 0.15) is 35.6 Å². The second kappa shape index (κ2) is 9.08. The summed E-state index contributed by atoms with van der Waals surface area (Å²) in [4.78, 5) is 10.3. The van der Waals surface area contributed by atoms with E-state index in [4.69, 9.17) is 9.84 Å². The van der Waals surface area contributed by atoms with Crippen molar-refractivity contribution >= 4 is 47.9 Å². The van der Waals surface area contributed by atoms with Gasteiger partial charge in [-0.1, -0.05) is 31.9 Å². The smallest absolute Gasteiger partial charge is 0.416 e. The number of sulfonamides is 1. The van der Waals surface area contributed by atoms with Gasteiger partial charge in [0.05, 0.1) is 10.5 Å². The maximum atomic E-state index is 13.1. The molecule has 6 nitrogen and oxygen atoms in total. The largest absolute Gasteiger partial charge is 0.482 e. The van der Waals surface area contributed by atoms with E-state index in [1.165, 1.54) is 0 Å². The van der Waals surface area contributed by atoms with Gasteiger partial charge in [-0.15, -0.1) is 0 Å². The number of halogens is 5. The number of hydrogen-bond donors (Lipinski definition) is 2. The van der Waals surface area contributed by atoms with Crippen molar-refractivity contribution in [2.24, 2.45) is 0 Å². The Morgan fingerprint density at radius 2 is 1.84 bits per heavy atom. The van der Waals surface area contributed by atoms with Crippen LogP contribution in [0.15, 0.2) is 44.2 Å². The second-order valence-corrected chi connectivity index (χ2v) is 10.4. The summed E-state index contributed by atoms with van der Waals surface area (Å²) in [6.07, 6.45) is -3.16. The summed E-state index contributed by atoms with van der Waals surface area (Å²) in [6, 6.07) is 5.06. The number of alkyl halides is 3. The van der Waals surface area contributed by atoms with Gasteiger partial charge in [0.25, 0.3) is 0 Å². The lowest BCUT2D eigenvalue weighted by Gasteiger charge is -2.28. The van der Waals surface area contributed by atoms with Crippen LogP contribution < -0.4 is 9.46 Å². The van der Waals surface area contributed by atoms with Crippen LogP contribution in [-0.2, 0) is 27.4 Å². The fourth-order valence-corrected chi connectivity index (χ4v) is 5.80. The molecule has 3 rings (SSSR count). The molecule has 0 aromatic heterocycles. The zero-order chi connectivity index (χ0) is 23.0. The number of fused-ring (bicyclic) bond motifs is 1. The molecule has 168 valence electrons. The Morgan fingerprint density at radius 3 is 2.48 bits per heavy atom. The Balaban J connectivity index is 1.96. The molecule has 0 radical (unpaired) electrons. The van der Waals surface area contributed by atoms with Gasteiger partial charge in [-0.3, -0.25) is 0 Å². The molecule has 0 amide bonds. The molecule has 0 bridgehead atoms. The third-order valence-electron chi connectivity index (χ3n) is 4.66. The predicted molar refractivity (Wildman–Crippen MR) is 112 cm³/mol. The van der Waals surface area contributed by atoms with Crippen LogP contribution in [-0.4, -0.2) is 26.1 Å². The molecule has 1 aliphatic rings. The molecule has 31 heavy (non-hydrogen) atoms. The van der Waals surface area contributed by atoms with Gasteiger partial charge in [-0.2, -0.15) is 13.2 Å². The number of ether oxygens (including phenoxy) is 1. The fourth-order valence-electron chi connectivity index (χ4n) is 3.38. The van der Waals surface area contributed by atoms with Crippen molar-refractivity contribution in [3.63, 3.8) is 0 Å². The summed E-state index contributed by atoms with van der Waals surface area (Å²) < 4.78 is 73.5. The van der Waals surface area contributed by atoms with Crippen molar-refractivity contribution in [2.75, 3.05) is 6.61 Å². The number of hydrogen-bond acceptors (Lipinski definition) is 4. The number of aliphatic carboxylic acids is 1. The summed E-state index contributed by atoms with van der Waals surface area (Å²) in [7, 11) is -4.29. The van der Waals surface area contributed by atoms with Crippen LogP contribution >= 0.6 is 31.9 Å². The number of carboxylic acid groups (broad SMARTS) is 1. The van der Waals surface area contributed by atoms with Gasteiger partial charge in [0.15, 0.2) is 6.61 Å². The first-order valence-corrected chi connectivity index (χ1v) is 12.0. The number of carboxylic acids is 1. The minimum Gasteiger partial charge on any atom is -0.482 e. The molecule has 0 fully saturated rings. The maximum Gasteiger partial charge on any atom is 0.416 e. The molecular formula is C19H16Br2F3NO5S. The topological polar surface area (TPSA) is 92.7 Å². The van der Waals surface area contributed by atoms with E-state index in [2.05, 4.69) is 36.6 Å². The van der Waals surface area contributed by atoms with Gasteiger partial charge >= 0.3 is 12.1 Å². The van der Waals surface area contributed by atoms with E-state index in [9.17, 15) is 26.4 Å². The van der Waals surface area contributed by atoms with Gasteiger partial charge in [0.2, 0.25) is 10.0 Å². The molecule has 0 saturated carbocycles. The van der Waals surface area contributed by atoms with Crippen molar-refractivity contribution in [3.8, 4) is 5.75 Å². The number of rotatable bonds is 6. The van der Waals surface area contributed by atoms with E-state index in [0.29, 0.717) is 46.7 Å². The highest BCUT2D eigenvalue weighted by molar-refractivity contribution is 9.10. The predicted octanol–water partition coefficient (Wildman–Crippen LogP) is 5.05. The van der Waals surface area contributed by atoms with Crippen molar-refractivity contribution in [3.05, 3.63) is 56.0 Å². The molecule has 0 saturated heterocycles. The van der Waals surface area contributed by atoms with Crippen LogP contribution in [0.5, 0.6) is 5.75 Å². The minimum atomic E-state index is -4.70. The van der Waals surface area contributed by atoms with Crippen molar-refractivity contribution in [2.45, 2.75) is 36.4 Å². The lowest BCUT2D eigenvalue weighted by molar-refractivity contribution is -0.139. The van der Waals surface area contributed by atoms with E-state index >= 15 is 0 Å². The quantitative estimate of drug-likeness (QED) is 0.494. The maximum absolute atomic E-state index is 13.1. The van der Waals surface area contributed by atoms with Crippen molar-refractivity contribution < 1.29 is 36.2 Å². The van der Waals surface area contributed by atoms with E-state index < -0.39 is 45.3 Å². The summed E-state index contributed by atoms with van der Waals surface area (Å²) in [5.74, 6) is -0.839. The van der Waals surface area contributed by atoms with Crippen LogP contribution in [0, 0.1) is 0 Å². The SMILES string of the molecule is O=C(O)COc1cc(Br)cc2c1CCCC2NS(=O)(=O)c1cc(Br)cc(C(F)(F)F)c1. The second-order valence-electron chi connectivity index (χ2n) is 6.89. The van der Waals surface area contributed by atoms with Gasteiger partial charge in [-0.25, -0.2) is 17.9 Å². The van der Waals surface area contributed by atoms with E-state index in [-0.39, 0.29) is 4.47 Å². The summed E-state index contributed by atoms with van der Waals surface area (Å²) in [5.41, 5.74) is 0.155. The highest BCUT2D eigenvalue weighted by Gasteiger charge is 2.34. The first-order chi connectivity index (χ1) is 14.4. The Bertz CT molecular complexity index is 1120. The van der Waals surface area contributed by atoms with E-state index in [1.807, 2.05) is 0 Å². The van der Waals surface area contributed by atoms with Crippen molar-refractivity contribution in [1.82, 2.24) is 4.72 Å². The van der Waals surface area contributed by atoms with Crippen LogP contribution in [0.4, 0.5) is 13.2 Å². The van der Waals surface area contributed by atoms with E-state index in [1.54, 1.807) is 12.1 Å². The van der Waals surface area contributed by atoms with Crippen LogP contribution in [0.25, 0.3) is 0 Å². The molecule has 2 N–H and O–H groups in total. The molecule has 12 heteroatoms. The van der Waals surface area contributed by atoms with Crippen LogP contribution in [0.2, 0.25) is 0 Å². The summed E-state index contributed by atoms with van der Waals surface area (Å²) in [6.45, 7) is -0.558. The molecule has 2 aromatic rings. The average Bonchev–Trinajstić information content (AvgIpc) is 2.65. The molecule has 0 aliphatic heterocycles. The first kappa shape index (κ1) is 24.0. The molecular weight excluding hydrogens is 571 g/mol. The Labute approximate surface area is 193 Å². The van der Waals surface area contributed by atoms with Crippen LogP contribution in [0.3, 0.4) is 0 Å². The zero-order valence-corrected chi connectivity index (χ0v) is 19.7. The molecule has 0 spiro atoms. The standard InChI is InChI=1S/C19H16Br2F3NO5S/c20-11-4-10(19(22,23)24)5-13(6-11)31(28,29)25-16-3-1-2-14-15(16)7-12(21)8-17(14)30-9-18(26)27/h4-8,16,25H,1-3,9H2,(H,26,27). The Morgan fingerprint density at radius 1 is 1.16 bits per heavy atom. The summed E-state index contributed by atoms with van der Waals surface area (Å²) >= 11 is 6.24. The molecule has 1 unspecified atom stereocenters. The zero-order valence-electron chi connectivity index (χ0n) is 15.7. The third kappa shape index (κ3) is 5.79. The fraction of sp³-hybridized carbons (Fsp3) is 0.316. The van der Waals surface area contributed by atoms with Gasteiger partial charge in [0, 0.05) is 15.0 Å². The number of carbonyl (C=O) groups is 1. The Hall–Kier alpha value is -1.63. The third-order valence-corrected chi connectivity index (χ3v) is 7.03. The van der Waals surface area contributed by atoms with Crippen molar-refractivity contribution in [1.29, 1.82) is 0 Å². The lowest BCUT2D eigenvalue weighted by atomic mass is 9.87.